The second-order valence-corrected chi connectivity index (χ2v) is 3.45. The number of halogens is 1. The third-order valence-electron chi connectivity index (χ3n) is 2.13. The zero-order chi connectivity index (χ0) is 12.3. The average molecular weight is 244 g/mol. The molecule has 0 amide bonds. The van der Waals surface area contributed by atoms with Crippen LogP contribution in [0, 0.1) is 17.0 Å². The standard InChI is InChI=1S/C10H10ClNO4/c1-6-3-7(10(13)16-2)4-8(5-11)9(6)12(14)15/h3-4H,5H2,1-2H3. The normalized spacial score (nSPS) is 9.94. The Hall–Kier alpha value is -1.62. The van der Waals surface area contributed by atoms with E-state index in [1.165, 1.54) is 19.2 Å². The lowest BCUT2D eigenvalue weighted by Crippen LogP contribution is -2.05. The third-order valence-corrected chi connectivity index (χ3v) is 2.41. The Labute approximate surface area is 97.1 Å². The topological polar surface area (TPSA) is 69.4 Å². The van der Waals surface area contributed by atoms with Crippen molar-refractivity contribution in [2.45, 2.75) is 12.8 Å². The van der Waals surface area contributed by atoms with E-state index in [-0.39, 0.29) is 17.1 Å². The van der Waals surface area contributed by atoms with Crippen molar-refractivity contribution in [2.24, 2.45) is 0 Å². The first kappa shape index (κ1) is 12.4. The van der Waals surface area contributed by atoms with Crippen molar-refractivity contribution >= 4 is 23.3 Å². The number of hydrogen-bond donors (Lipinski definition) is 0. The van der Waals surface area contributed by atoms with Gasteiger partial charge in [0.1, 0.15) is 0 Å². The van der Waals surface area contributed by atoms with Crippen molar-refractivity contribution in [1.82, 2.24) is 0 Å². The first-order valence-corrected chi connectivity index (χ1v) is 4.97. The number of nitro groups is 1. The van der Waals surface area contributed by atoms with Gasteiger partial charge < -0.3 is 4.74 Å². The van der Waals surface area contributed by atoms with Crippen LogP contribution in [0.2, 0.25) is 0 Å². The molecule has 0 saturated carbocycles. The predicted molar refractivity (Wildman–Crippen MR) is 58.7 cm³/mol. The van der Waals surface area contributed by atoms with Crippen molar-refractivity contribution in [1.29, 1.82) is 0 Å². The molecule has 0 bridgehead atoms. The molecular formula is C10H10ClNO4. The second kappa shape index (κ2) is 4.94. The van der Waals surface area contributed by atoms with Crippen LogP contribution < -0.4 is 0 Å². The zero-order valence-electron chi connectivity index (χ0n) is 8.82. The first-order valence-electron chi connectivity index (χ1n) is 4.43. The van der Waals surface area contributed by atoms with E-state index >= 15 is 0 Å². The number of hydrogen-bond acceptors (Lipinski definition) is 4. The Morgan fingerprint density at radius 1 is 1.56 bits per heavy atom. The Bertz CT molecular complexity index is 445. The van der Waals surface area contributed by atoms with Crippen LogP contribution in [0.4, 0.5) is 5.69 Å². The number of nitro benzene ring substituents is 1. The Morgan fingerprint density at radius 3 is 2.62 bits per heavy atom. The molecule has 0 heterocycles. The van der Waals surface area contributed by atoms with E-state index in [4.69, 9.17) is 11.6 Å². The van der Waals surface area contributed by atoms with Crippen LogP contribution >= 0.6 is 11.6 Å². The molecule has 0 aliphatic heterocycles. The summed E-state index contributed by atoms with van der Waals surface area (Å²) in [5, 5.41) is 10.8. The molecule has 16 heavy (non-hydrogen) atoms. The van der Waals surface area contributed by atoms with E-state index in [0.29, 0.717) is 11.1 Å². The smallest absolute Gasteiger partial charge is 0.337 e. The van der Waals surface area contributed by atoms with Gasteiger partial charge >= 0.3 is 5.97 Å². The number of aryl methyl sites for hydroxylation is 1. The van der Waals surface area contributed by atoms with Crippen LogP contribution in [0.15, 0.2) is 12.1 Å². The van der Waals surface area contributed by atoms with Crippen LogP contribution in [0.5, 0.6) is 0 Å². The van der Waals surface area contributed by atoms with Gasteiger partial charge in [0.15, 0.2) is 0 Å². The highest BCUT2D eigenvalue weighted by molar-refractivity contribution is 6.17. The van der Waals surface area contributed by atoms with Gasteiger partial charge in [-0.05, 0) is 19.1 Å². The number of nitrogens with zero attached hydrogens (tertiary/aromatic N) is 1. The van der Waals surface area contributed by atoms with Gasteiger partial charge in [0.05, 0.1) is 23.5 Å². The zero-order valence-corrected chi connectivity index (χ0v) is 9.58. The van der Waals surface area contributed by atoms with Crippen molar-refractivity contribution in [3.05, 3.63) is 38.9 Å². The molecule has 0 fully saturated rings. The number of carbonyl (C=O) groups excluding carboxylic acids is 1. The summed E-state index contributed by atoms with van der Waals surface area (Å²) in [6, 6.07) is 2.80. The molecule has 0 aliphatic rings. The molecule has 0 radical (unpaired) electrons. The fourth-order valence-electron chi connectivity index (χ4n) is 1.45. The molecule has 86 valence electrons. The molecule has 0 atom stereocenters. The highest BCUT2D eigenvalue weighted by atomic mass is 35.5. The highest BCUT2D eigenvalue weighted by Gasteiger charge is 2.20. The summed E-state index contributed by atoms with van der Waals surface area (Å²) in [5.74, 6) is -0.563. The molecule has 0 aromatic heterocycles. The van der Waals surface area contributed by atoms with Crippen molar-refractivity contribution in [3.8, 4) is 0 Å². The summed E-state index contributed by atoms with van der Waals surface area (Å²) in [4.78, 5) is 21.6. The molecule has 5 nitrogen and oxygen atoms in total. The van der Waals surface area contributed by atoms with Crippen LogP contribution in [-0.2, 0) is 10.6 Å². The molecule has 6 heteroatoms. The molecular weight excluding hydrogens is 234 g/mol. The fraction of sp³-hybridized carbons (Fsp3) is 0.300. The molecule has 0 aliphatic carbocycles. The monoisotopic (exact) mass is 243 g/mol. The summed E-state index contributed by atoms with van der Waals surface area (Å²) in [5.41, 5.74) is 0.916. The number of ether oxygens (including phenoxy) is 1. The molecule has 0 N–H and O–H groups in total. The molecule has 0 unspecified atom stereocenters. The Balaban J connectivity index is 3.37. The highest BCUT2D eigenvalue weighted by Crippen LogP contribution is 2.26. The first-order chi connectivity index (χ1) is 7.51. The SMILES string of the molecule is COC(=O)c1cc(C)c([N+](=O)[O-])c(CCl)c1. The van der Waals surface area contributed by atoms with Gasteiger partial charge in [0, 0.05) is 11.1 Å². The maximum absolute atomic E-state index is 11.3. The van der Waals surface area contributed by atoms with Crippen LogP contribution in [0.3, 0.4) is 0 Å². The summed E-state index contributed by atoms with van der Waals surface area (Å²) < 4.78 is 4.54. The van der Waals surface area contributed by atoms with Gasteiger partial charge in [-0.3, -0.25) is 10.1 Å². The van der Waals surface area contributed by atoms with Crippen LogP contribution in [0.1, 0.15) is 21.5 Å². The molecule has 1 rings (SSSR count). The molecule has 0 saturated heterocycles. The molecule has 1 aromatic carbocycles. The van der Waals surface area contributed by atoms with E-state index in [2.05, 4.69) is 4.74 Å². The number of esters is 1. The van der Waals surface area contributed by atoms with Crippen molar-refractivity contribution in [2.75, 3.05) is 7.11 Å². The number of methoxy groups -OCH3 is 1. The van der Waals surface area contributed by atoms with Crippen molar-refractivity contribution in [3.63, 3.8) is 0 Å². The second-order valence-electron chi connectivity index (χ2n) is 3.18. The van der Waals surface area contributed by atoms with E-state index in [1.807, 2.05) is 0 Å². The maximum Gasteiger partial charge on any atom is 0.337 e. The molecule has 0 spiro atoms. The van der Waals surface area contributed by atoms with Gasteiger partial charge in [-0.15, -0.1) is 11.6 Å². The average Bonchev–Trinajstić information content (AvgIpc) is 2.26. The number of carbonyl (C=O) groups is 1. The van der Waals surface area contributed by atoms with Gasteiger partial charge in [0.25, 0.3) is 5.69 Å². The van der Waals surface area contributed by atoms with Gasteiger partial charge in [-0.2, -0.15) is 0 Å². The van der Waals surface area contributed by atoms with E-state index in [1.54, 1.807) is 6.92 Å². The number of benzene rings is 1. The van der Waals surface area contributed by atoms with Gasteiger partial charge in [-0.1, -0.05) is 0 Å². The summed E-state index contributed by atoms with van der Waals surface area (Å²) in [6.45, 7) is 1.56. The quantitative estimate of drug-likeness (QED) is 0.354. The lowest BCUT2D eigenvalue weighted by Gasteiger charge is -2.05. The van der Waals surface area contributed by atoms with Gasteiger partial charge in [-0.25, -0.2) is 4.79 Å². The van der Waals surface area contributed by atoms with E-state index < -0.39 is 10.9 Å². The lowest BCUT2D eigenvalue weighted by atomic mass is 10.0. The number of rotatable bonds is 3. The predicted octanol–water partition coefficient (Wildman–Crippen LogP) is 2.43. The minimum absolute atomic E-state index is 0.0258. The Kier molecular flexibility index (Phi) is 3.84. The molecule has 1 aromatic rings. The van der Waals surface area contributed by atoms with Gasteiger partial charge in [0.2, 0.25) is 0 Å². The minimum Gasteiger partial charge on any atom is -0.465 e. The van der Waals surface area contributed by atoms with E-state index in [9.17, 15) is 14.9 Å². The largest absolute Gasteiger partial charge is 0.465 e. The lowest BCUT2D eigenvalue weighted by molar-refractivity contribution is -0.386. The Morgan fingerprint density at radius 2 is 2.19 bits per heavy atom. The summed E-state index contributed by atoms with van der Waals surface area (Å²) in [7, 11) is 1.25. The summed E-state index contributed by atoms with van der Waals surface area (Å²) in [6.07, 6.45) is 0. The third kappa shape index (κ3) is 2.30. The van der Waals surface area contributed by atoms with Crippen LogP contribution in [0.25, 0.3) is 0 Å². The summed E-state index contributed by atoms with van der Waals surface area (Å²) >= 11 is 5.61. The minimum atomic E-state index is -0.538. The fourth-order valence-corrected chi connectivity index (χ4v) is 1.66. The van der Waals surface area contributed by atoms with Crippen molar-refractivity contribution < 1.29 is 14.5 Å². The maximum atomic E-state index is 11.3. The van der Waals surface area contributed by atoms with Crippen LogP contribution in [-0.4, -0.2) is 18.0 Å². The van der Waals surface area contributed by atoms with E-state index in [0.717, 1.165) is 0 Å². The number of alkyl halides is 1.